The number of carboxylic acid groups (broad SMARTS) is 1. The molecule has 0 spiro atoms. The highest BCUT2D eigenvalue weighted by Gasteiger charge is 2.41. The van der Waals surface area contributed by atoms with Crippen molar-refractivity contribution in [1.82, 2.24) is 9.62 Å². The molecule has 3 rings (SSSR count). The number of benzene rings is 2. The zero-order chi connectivity index (χ0) is 25.0. The number of morpholine rings is 1. The van der Waals surface area contributed by atoms with Crippen LogP contribution in [0.15, 0.2) is 53.4 Å². The van der Waals surface area contributed by atoms with Crippen molar-refractivity contribution in [2.24, 2.45) is 0 Å². The van der Waals surface area contributed by atoms with Crippen molar-refractivity contribution in [3.63, 3.8) is 0 Å². The van der Waals surface area contributed by atoms with Gasteiger partial charge in [-0.25, -0.2) is 13.1 Å². The summed E-state index contributed by atoms with van der Waals surface area (Å²) in [6, 6.07) is 14.3. The average molecular weight is 491 g/mol. The van der Waals surface area contributed by atoms with Crippen LogP contribution in [-0.4, -0.2) is 62.8 Å². The zero-order valence-corrected chi connectivity index (χ0v) is 21.0. The van der Waals surface area contributed by atoms with Gasteiger partial charge < -0.3 is 14.6 Å². The summed E-state index contributed by atoms with van der Waals surface area (Å²) in [5.74, 6) is -0.543. The summed E-state index contributed by atoms with van der Waals surface area (Å²) in [6.07, 6.45) is 0. The third-order valence-electron chi connectivity index (χ3n) is 6.14. The Balaban J connectivity index is 1.61. The standard InChI is InChI=1S/C25H34N2O6S/c1-24(2,3)20-7-5-19(6-8-20)17-33-21-9-11-22(12-10-21)34(30,31)26-18-25(4,23(28)29)27-13-15-32-16-14-27/h5-12,26H,13-18H2,1-4H3,(H,28,29)/t25-/m0/s1. The smallest absolute Gasteiger partial charge is 0.325 e. The van der Waals surface area contributed by atoms with Crippen LogP contribution in [0.25, 0.3) is 0 Å². The summed E-state index contributed by atoms with van der Waals surface area (Å²) in [6.45, 7) is 9.79. The molecule has 0 bridgehead atoms. The molecule has 0 saturated carbocycles. The first kappa shape index (κ1) is 26.2. The Labute approximate surface area is 201 Å². The fourth-order valence-corrected chi connectivity index (χ4v) is 4.81. The van der Waals surface area contributed by atoms with E-state index in [9.17, 15) is 18.3 Å². The van der Waals surface area contributed by atoms with Crippen molar-refractivity contribution in [3.05, 3.63) is 59.7 Å². The van der Waals surface area contributed by atoms with Gasteiger partial charge in [0.1, 0.15) is 17.9 Å². The monoisotopic (exact) mass is 490 g/mol. The van der Waals surface area contributed by atoms with E-state index in [0.29, 0.717) is 38.7 Å². The van der Waals surface area contributed by atoms with Gasteiger partial charge >= 0.3 is 5.97 Å². The fourth-order valence-electron chi connectivity index (χ4n) is 3.68. The fraction of sp³-hybridized carbons (Fsp3) is 0.480. The summed E-state index contributed by atoms with van der Waals surface area (Å²) in [5, 5.41) is 9.76. The van der Waals surface area contributed by atoms with Gasteiger partial charge in [0.15, 0.2) is 0 Å². The van der Waals surface area contributed by atoms with Crippen LogP contribution in [0.1, 0.15) is 38.8 Å². The highest BCUT2D eigenvalue weighted by Crippen LogP contribution is 2.23. The van der Waals surface area contributed by atoms with Gasteiger partial charge in [0.25, 0.3) is 0 Å². The molecule has 0 aliphatic carbocycles. The van der Waals surface area contributed by atoms with E-state index in [1.165, 1.54) is 24.6 Å². The summed E-state index contributed by atoms with van der Waals surface area (Å²) in [7, 11) is -3.90. The van der Waals surface area contributed by atoms with Gasteiger partial charge in [-0.3, -0.25) is 9.69 Å². The molecule has 2 N–H and O–H groups in total. The largest absolute Gasteiger partial charge is 0.489 e. The third kappa shape index (κ3) is 6.35. The van der Waals surface area contributed by atoms with E-state index in [0.717, 1.165) is 5.56 Å². The number of ether oxygens (including phenoxy) is 2. The minimum atomic E-state index is -3.90. The van der Waals surface area contributed by atoms with Crippen molar-refractivity contribution in [3.8, 4) is 5.75 Å². The topological polar surface area (TPSA) is 105 Å². The molecular formula is C25H34N2O6S. The van der Waals surface area contributed by atoms with Crippen LogP contribution in [0.2, 0.25) is 0 Å². The molecule has 1 fully saturated rings. The maximum atomic E-state index is 12.8. The van der Waals surface area contributed by atoms with E-state index in [4.69, 9.17) is 9.47 Å². The minimum Gasteiger partial charge on any atom is -0.489 e. The molecule has 186 valence electrons. The number of hydrogen-bond donors (Lipinski definition) is 2. The molecule has 1 atom stereocenters. The van der Waals surface area contributed by atoms with Crippen LogP contribution in [0.5, 0.6) is 5.75 Å². The Kier molecular flexibility index (Phi) is 8.02. The van der Waals surface area contributed by atoms with Crippen LogP contribution in [-0.2, 0) is 31.6 Å². The molecule has 0 radical (unpaired) electrons. The van der Waals surface area contributed by atoms with E-state index in [1.54, 1.807) is 17.0 Å². The lowest BCUT2D eigenvalue weighted by molar-refractivity contribution is -0.152. The SMILES string of the molecule is CC(C)(C)c1ccc(COc2ccc(S(=O)(=O)NC[C@@](C)(C(=O)O)N3CCOCC3)cc2)cc1. The summed E-state index contributed by atoms with van der Waals surface area (Å²) >= 11 is 0. The quantitative estimate of drug-likeness (QED) is 0.557. The van der Waals surface area contributed by atoms with E-state index < -0.39 is 21.5 Å². The highest BCUT2D eigenvalue weighted by atomic mass is 32.2. The van der Waals surface area contributed by atoms with Gasteiger partial charge in [-0.1, -0.05) is 45.0 Å². The lowest BCUT2D eigenvalue weighted by atomic mass is 9.87. The maximum absolute atomic E-state index is 12.8. The Morgan fingerprint density at radius 3 is 2.15 bits per heavy atom. The van der Waals surface area contributed by atoms with Crippen LogP contribution in [0, 0.1) is 0 Å². The number of rotatable bonds is 9. The number of aliphatic carboxylic acids is 1. The Morgan fingerprint density at radius 2 is 1.62 bits per heavy atom. The van der Waals surface area contributed by atoms with E-state index in [-0.39, 0.29) is 16.9 Å². The minimum absolute atomic E-state index is 0.0455. The van der Waals surface area contributed by atoms with E-state index >= 15 is 0 Å². The van der Waals surface area contributed by atoms with Crippen molar-refractivity contribution < 1.29 is 27.8 Å². The van der Waals surface area contributed by atoms with Crippen molar-refractivity contribution in [2.45, 2.75) is 50.2 Å². The van der Waals surface area contributed by atoms with Gasteiger partial charge in [-0.2, -0.15) is 0 Å². The molecule has 1 aliphatic heterocycles. The predicted molar refractivity (Wildman–Crippen MR) is 130 cm³/mol. The highest BCUT2D eigenvalue weighted by molar-refractivity contribution is 7.89. The molecule has 0 amide bonds. The van der Waals surface area contributed by atoms with Crippen LogP contribution in [0.3, 0.4) is 0 Å². The lowest BCUT2D eigenvalue weighted by Crippen LogP contribution is -2.61. The molecule has 1 saturated heterocycles. The van der Waals surface area contributed by atoms with Crippen molar-refractivity contribution >= 4 is 16.0 Å². The van der Waals surface area contributed by atoms with Gasteiger partial charge in [0.2, 0.25) is 10.0 Å². The molecule has 2 aromatic carbocycles. The number of nitrogens with zero attached hydrogens (tertiary/aromatic N) is 1. The molecule has 1 aliphatic rings. The lowest BCUT2D eigenvalue weighted by Gasteiger charge is -2.40. The Morgan fingerprint density at radius 1 is 1.03 bits per heavy atom. The summed E-state index contributed by atoms with van der Waals surface area (Å²) < 4.78 is 39.1. The van der Waals surface area contributed by atoms with Gasteiger partial charge in [0.05, 0.1) is 18.1 Å². The average Bonchev–Trinajstić information content (AvgIpc) is 2.81. The van der Waals surface area contributed by atoms with Gasteiger partial charge in [0, 0.05) is 19.6 Å². The number of hydrogen-bond acceptors (Lipinski definition) is 6. The first-order valence-electron chi connectivity index (χ1n) is 11.3. The normalized spacial score (nSPS) is 17.2. The van der Waals surface area contributed by atoms with Crippen molar-refractivity contribution in [2.75, 3.05) is 32.8 Å². The van der Waals surface area contributed by atoms with E-state index in [1.807, 2.05) is 12.1 Å². The maximum Gasteiger partial charge on any atom is 0.325 e. The summed E-state index contributed by atoms with van der Waals surface area (Å²) in [4.78, 5) is 13.7. The third-order valence-corrected chi connectivity index (χ3v) is 7.55. The predicted octanol–water partition coefficient (Wildman–Crippen LogP) is 3.02. The second-order valence-electron chi connectivity index (χ2n) is 9.71. The summed E-state index contributed by atoms with van der Waals surface area (Å²) in [5.41, 5.74) is 0.967. The molecule has 0 unspecified atom stereocenters. The second-order valence-corrected chi connectivity index (χ2v) is 11.5. The zero-order valence-electron chi connectivity index (χ0n) is 20.2. The van der Waals surface area contributed by atoms with Crippen LogP contribution in [0.4, 0.5) is 0 Å². The van der Waals surface area contributed by atoms with Crippen molar-refractivity contribution in [1.29, 1.82) is 0 Å². The second kappa shape index (κ2) is 10.4. The number of sulfonamides is 1. The van der Waals surface area contributed by atoms with E-state index in [2.05, 4.69) is 37.6 Å². The first-order chi connectivity index (χ1) is 15.9. The molecule has 1 heterocycles. The van der Waals surface area contributed by atoms with Crippen LogP contribution < -0.4 is 9.46 Å². The van der Waals surface area contributed by atoms with Crippen LogP contribution >= 0.6 is 0 Å². The number of nitrogens with one attached hydrogen (secondary N) is 1. The first-order valence-corrected chi connectivity index (χ1v) is 12.8. The molecule has 8 nitrogen and oxygen atoms in total. The molecular weight excluding hydrogens is 456 g/mol. The Hall–Kier alpha value is -2.46. The number of carboxylic acids is 1. The molecule has 34 heavy (non-hydrogen) atoms. The molecule has 0 aromatic heterocycles. The van der Waals surface area contributed by atoms with Gasteiger partial charge in [-0.05, 0) is 47.7 Å². The molecule has 9 heteroatoms. The van der Waals surface area contributed by atoms with Gasteiger partial charge in [-0.15, -0.1) is 0 Å². The number of carbonyl (C=O) groups is 1. The molecule has 2 aromatic rings. The Bertz CT molecular complexity index is 1070.